The highest BCUT2D eigenvalue weighted by Crippen LogP contribution is 2.09. The molecule has 0 bridgehead atoms. The van der Waals surface area contributed by atoms with Gasteiger partial charge in [0, 0.05) is 30.6 Å². The Morgan fingerprint density at radius 2 is 2.05 bits per heavy atom. The Kier molecular flexibility index (Phi) is 5.50. The van der Waals surface area contributed by atoms with E-state index in [9.17, 15) is 0 Å². The molecule has 0 fully saturated rings. The molecule has 2 aromatic heterocycles. The smallest absolute Gasteiger partial charge is 0.123 e. The highest BCUT2D eigenvalue weighted by Gasteiger charge is 2.11. The van der Waals surface area contributed by atoms with Gasteiger partial charge in [-0.25, -0.2) is 4.98 Å². The molecule has 3 N–H and O–H groups in total. The SMILES string of the molecule is CCCNC(Cc1ccnc(N)c1)Cc1ccccn1. The largest absolute Gasteiger partial charge is 0.384 e. The zero-order chi connectivity index (χ0) is 14.2. The van der Waals surface area contributed by atoms with Crippen LogP contribution in [0.25, 0.3) is 0 Å². The third-order valence-corrected chi connectivity index (χ3v) is 3.19. The summed E-state index contributed by atoms with van der Waals surface area (Å²) in [5.74, 6) is 0.578. The summed E-state index contributed by atoms with van der Waals surface area (Å²) in [5.41, 5.74) is 8.07. The minimum Gasteiger partial charge on any atom is -0.384 e. The number of nitrogens with one attached hydrogen (secondary N) is 1. The van der Waals surface area contributed by atoms with Crippen molar-refractivity contribution in [3.63, 3.8) is 0 Å². The van der Waals surface area contributed by atoms with Crippen LogP contribution in [0.5, 0.6) is 0 Å². The molecule has 4 heteroatoms. The molecule has 0 saturated carbocycles. The van der Waals surface area contributed by atoms with Gasteiger partial charge in [0.25, 0.3) is 0 Å². The van der Waals surface area contributed by atoms with Gasteiger partial charge in [-0.15, -0.1) is 0 Å². The predicted molar refractivity (Wildman–Crippen MR) is 82.4 cm³/mol. The van der Waals surface area contributed by atoms with Gasteiger partial charge in [0.2, 0.25) is 0 Å². The Morgan fingerprint density at radius 1 is 1.15 bits per heavy atom. The first-order valence-corrected chi connectivity index (χ1v) is 7.11. The second kappa shape index (κ2) is 7.60. The van der Waals surface area contributed by atoms with Crippen LogP contribution >= 0.6 is 0 Å². The quantitative estimate of drug-likeness (QED) is 0.809. The van der Waals surface area contributed by atoms with E-state index in [4.69, 9.17) is 5.73 Å². The molecule has 0 aliphatic heterocycles. The molecule has 0 amide bonds. The monoisotopic (exact) mass is 270 g/mol. The third-order valence-electron chi connectivity index (χ3n) is 3.19. The minimum atomic E-state index is 0.367. The standard InChI is InChI=1S/C16H22N4/c1-2-7-18-15(12-14-5-3-4-8-19-14)10-13-6-9-20-16(17)11-13/h3-6,8-9,11,15,18H,2,7,10,12H2,1H3,(H2,17,20). The molecule has 2 heterocycles. The summed E-state index contributed by atoms with van der Waals surface area (Å²) in [5, 5.41) is 3.58. The summed E-state index contributed by atoms with van der Waals surface area (Å²) in [6.45, 7) is 3.19. The van der Waals surface area contributed by atoms with Crippen molar-refractivity contribution in [2.45, 2.75) is 32.2 Å². The van der Waals surface area contributed by atoms with Crippen LogP contribution < -0.4 is 11.1 Å². The number of nitrogens with zero attached hydrogens (tertiary/aromatic N) is 2. The van der Waals surface area contributed by atoms with Crippen LogP contribution in [0.4, 0.5) is 5.82 Å². The third kappa shape index (κ3) is 4.63. The maximum atomic E-state index is 5.74. The number of hydrogen-bond donors (Lipinski definition) is 2. The molecule has 0 aliphatic carbocycles. The predicted octanol–water partition coefficient (Wildman–Crippen LogP) is 2.21. The molecule has 0 aliphatic rings. The average molecular weight is 270 g/mol. The van der Waals surface area contributed by atoms with Crippen LogP contribution in [0.2, 0.25) is 0 Å². The van der Waals surface area contributed by atoms with Crippen LogP contribution in [0, 0.1) is 0 Å². The Morgan fingerprint density at radius 3 is 2.75 bits per heavy atom. The first kappa shape index (κ1) is 14.5. The Labute approximate surface area is 120 Å². The Bertz CT molecular complexity index is 513. The second-order valence-electron chi connectivity index (χ2n) is 4.97. The average Bonchev–Trinajstić information content (AvgIpc) is 2.46. The first-order chi connectivity index (χ1) is 9.78. The van der Waals surface area contributed by atoms with Gasteiger partial charge in [-0.2, -0.15) is 0 Å². The fraction of sp³-hybridized carbons (Fsp3) is 0.375. The van der Waals surface area contributed by atoms with Gasteiger partial charge < -0.3 is 11.1 Å². The van der Waals surface area contributed by atoms with Crippen molar-refractivity contribution >= 4 is 5.82 Å². The van der Waals surface area contributed by atoms with E-state index in [0.29, 0.717) is 11.9 Å². The van der Waals surface area contributed by atoms with E-state index in [0.717, 1.165) is 31.5 Å². The molecule has 4 nitrogen and oxygen atoms in total. The molecule has 0 spiro atoms. The van der Waals surface area contributed by atoms with Crippen LogP contribution in [0.3, 0.4) is 0 Å². The van der Waals surface area contributed by atoms with E-state index in [1.54, 1.807) is 6.20 Å². The molecule has 0 aromatic carbocycles. The lowest BCUT2D eigenvalue weighted by molar-refractivity contribution is 0.500. The highest BCUT2D eigenvalue weighted by molar-refractivity contribution is 5.32. The number of nitrogens with two attached hydrogens (primary N) is 1. The number of hydrogen-bond acceptors (Lipinski definition) is 4. The van der Waals surface area contributed by atoms with E-state index in [2.05, 4.69) is 28.3 Å². The summed E-state index contributed by atoms with van der Waals surface area (Å²) in [6, 6.07) is 10.4. The molecule has 1 atom stereocenters. The number of nitrogen functional groups attached to an aromatic ring is 1. The molecule has 2 aromatic rings. The molecule has 2 rings (SSSR count). The highest BCUT2D eigenvalue weighted by atomic mass is 14.9. The lowest BCUT2D eigenvalue weighted by Crippen LogP contribution is -2.34. The molecular weight excluding hydrogens is 248 g/mol. The number of anilines is 1. The van der Waals surface area contributed by atoms with Crippen molar-refractivity contribution in [2.24, 2.45) is 0 Å². The van der Waals surface area contributed by atoms with Crippen molar-refractivity contribution in [3.05, 3.63) is 54.0 Å². The maximum absolute atomic E-state index is 5.74. The van der Waals surface area contributed by atoms with Gasteiger partial charge in [0.15, 0.2) is 0 Å². The normalized spacial score (nSPS) is 12.2. The minimum absolute atomic E-state index is 0.367. The van der Waals surface area contributed by atoms with E-state index >= 15 is 0 Å². The van der Waals surface area contributed by atoms with Crippen molar-refractivity contribution < 1.29 is 0 Å². The van der Waals surface area contributed by atoms with Gasteiger partial charge in [-0.3, -0.25) is 4.98 Å². The van der Waals surface area contributed by atoms with Gasteiger partial charge in [0.05, 0.1) is 0 Å². The summed E-state index contributed by atoms with van der Waals surface area (Å²) < 4.78 is 0. The molecule has 1 unspecified atom stereocenters. The van der Waals surface area contributed by atoms with Crippen LogP contribution in [-0.4, -0.2) is 22.6 Å². The molecule has 0 saturated heterocycles. The number of pyridine rings is 2. The molecule has 20 heavy (non-hydrogen) atoms. The maximum Gasteiger partial charge on any atom is 0.123 e. The number of rotatable bonds is 7. The molecular formula is C16H22N4. The van der Waals surface area contributed by atoms with Crippen molar-refractivity contribution in [1.82, 2.24) is 15.3 Å². The van der Waals surface area contributed by atoms with Gasteiger partial charge in [-0.1, -0.05) is 13.0 Å². The van der Waals surface area contributed by atoms with Gasteiger partial charge in [-0.05, 0) is 49.2 Å². The zero-order valence-electron chi connectivity index (χ0n) is 11.9. The summed E-state index contributed by atoms with van der Waals surface area (Å²) in [6.07, 6.45) is 6.59. The lowest BCUT2D eigenvalue weighted by Gasteiger charge is -2.18. The Hall–Kier alpha value is -1.94. The van der Waals surface area contributed by atoms with E-state index in [1.165, 1.54) is 5.56 Å². The van der Waals surface area contributed by atoms with Gasteiger partial charge >= 0.3 is 0 Å². The first-order valence-electron chi connectivity index (χ1n) is 7.11. The van der Waals surface area contributed by atoms with E-state index < -0.39 is 0 Å². The summed E-state index contributed by atoms with van der Waals surface area (Å²) in [7, 11) is 0. The van der Waals surface area contributed by atoms with Crippen LogP contribution in [-0.2, 0) is 12.8 Å². The fourth-order valence-electron chi connectivity index (χ4n) is 2.24. The molecule has 0 radical (unpaired) electrons. The van der Waals surface area contributed by atoms with Crippen molar-refractivity contribution in [3.8, 4) is 0 Å². The molecule has 106 valence electrons. The van der Waals surface area contributed by atoms with E-state index in [1.807, 2.05) is 30.5 Å². The van der Waals surface area contributed by atoms with Crippen LogP contribution in [0.1, 0.15) is 24.6 Å². The topological polar surface area (TPSA) is 63.8 Å². The zero-order valence-corrected chi connectivity index (χ0v) is 11.9. The van der Waals surface area contributed by atoms with Crippen molar-refractivity contribution in [1.29, 1.82) is 0 Å². The van der Waals surface area contributed by atoms with Crippen LogP contribution in [0.15, 0.2) is 42.7 Å². The summed E-state index contributed by atoms with van der Waals surface area (Å²) in [4.78, 5) is 8.45. The Balaban J connectivity index is 2.03. The van der Waals surface area contributed by atoms with E-state index in [-0.39, 0.29) is 0 Å². The van der Waals surface area contributed by atoms with Crippen molar-refractivity contribution in [2.75, 3.05) is 12.3 Å². The fourth-order valence-corrected chi connectivity index (χ4v) is 2.24. The summed E-state index contributed by atoms with van der Waals surface area (Å²) >= 11 is 0. The number of aromatic nitrogens is 2. The van der Waals surface area contributed by atoms with Gasteiger partial charge in [0.1, 0.15) is 5.82 Å². The lowest BCUT2D eigenvalue weighted by atomic mass is 10.0. The second-order valence-corrected chi connectivity index (χ2v) is 4.97.